The molecule has 1 aromatic carbocycles. The van der Waals surface area contributed by atoms with Gasteiger partial charge in [0.1, 0.15) is 5.75 Å². The van der Waals surface area contributed by atoms with Crippen molar-refractivity contribution in [3.63, 3.8) is 0 Å². The summed E-state index contributed by atoms with van der Waals surface area (Å²) in [5.41, 5.74) is -0.222. The van der Waals surface area contributed by atoms with Crippen LogP contribution in [0, 0.1) is 0 Å². The van der Waals surface area contributed by atoms with Gasteiger partial charge in [0.25, 0.3) is 5.91 Å². The number of Topliss-reactive ketones (excluding diaryl/α,β-unsaturated/α-hetero) is 1. The average molecular weight is 247 g/mol. The molecule has 1 fully saturated rings. The first kappa shape index (κ1) is 12.6. The van der Waals surface area contributed by atoms with E-state index in [-0.39, 0.29) is 11.7 Å². The van der Waals surface area contributed by atoms with Crippen LogP contribution in [0.5, 0.6) is 5.75 Å². The molecule has 0 N–H and O–H groups in total. The van der Waals surface area contributed by atoms with Gasteiger partial charge in [-0.15, -0.1) is 0 Å². The number of para-hydroxylation sites is 1. The summed E-state index contributed by atoms with van der Waals surface area (Å²) in [6.45, 7) is 4.05. The van der Waals surface area contributed by atoms with Crippen LogP contribution in [0.3, 0.4) is 0 Å². The van der Waals surface area contributed by atoms with Gasteiger partial charge in [-0.1, -0.05) is 12.1 Å². The molecule has 1 aliphatic heterocycles. The van der Waals surface area contributed by atoms with E-state index >= 15 is 0 Å². The molecule has 4 nitrogen and oxygen atoms in total. The monoisotopic (exact) mass is 247 g/mol. The molecule has 4 heteroatoms. The minimum absolute atomic E-state index is 0.103. The highest BCUT2D eigenvalue weighted by Crippen LogP contribution is 2.29. The van der Waals surface area contributed by atoms with Crippen molar-refractivity contribution in [2.45, 2.75) is 25.8 Å². The number of nitrogens with zero attached hydrogens (tertiary/aromatic N) is 1. The molecule has 1 heterocycles. The Balaban J connectivity index is 2.35. The Morgan fingerprint density at radius 3 is 2.56 bits per heavy atom. The molecular formula is C14H17NO3. The first-order valence-corrected chi connectivity index (χ1v) is 5.96. The molecule has 0 aliphatic carbocycles. The summed E-state index contributed by atoms with van der Waals surface area (Å²) < 4.78 is 5.19. The predicted molar refractivity (Wildman–Crippen MR) is 67.7 cm³/mol. The maximum absolute atomic E-state index is 12.5. The summed E-state index contributed by atoms with van der Waals surface area (Å²) in [7, 11) is 1.53. The molecule has 0 aromatic heterocycles. The lowest BCUT2D eigenvalue weighted by Gasteiger charge is -2.30. The highest BCUT2D eigenvalue weighted by atomic mass is 16.5. The molecule has 0 saturated carbocycles. The van der Waals surface area contributed by atoms with E-state index in [9.17, 15) is 9.59 Å². The molecule has 1 amide bonds. The maximum Gasteiger partial charge on any atom is 0.258 e. The van der Waals surface area contributed by atoms with E-state index in [0.717, 1.165) is 0 Å². The minimum Gasteiger partial charge on any atom is -0.496 e. The number of rotatable bonds is 2. The fourth-order valence-corrected chi connectivity index (χ4v) is 2.27. The predicted octanol–water partition coefficient (Wildman–Crippen LogP) is 1.89. The van der Waals surface area contributed by atoms with Crippen molar-refractivity contribution in [3.05, 3.63) is 29.8 Å². The molecule has 1 saturated heterocycles. The second-order valence-electron chi connectivity index (χ2n) is 4.89. The average Bonchev–Trinajstić information content (AvgIpc) is 2.63. The second-order valence-corrected chi connectivity index (χ2v) is 4.89. The van der Waals surface area contributed by atoms with Crippen molar-refractivity contribution in [2.75, 3.05) is 13.7 Å². The molecule has 0 radical (unpaired) electrons. The van der Waals surface area contributed by atoms with Gasteiger partial charge in [-0.2, -0.15) is 0 Å². The lowest BCUT2D eigenvalue weighted by molar-refractivity contribution is -0.123. The van der Waals surface area contributed by atoms with Gasteiger partial charge >= 0.3 is 0 Å². The SMILES string of the molecule is COc1ccccc1C(=O)N1CCC(=O)C1(C)C. The van der Waals surface area contributed by atoms with E-state index in [1.54, 1.807) is 36.9 Å². The van der Waals surface area contributed by atoms with Crippen molar-refractivity contribution in [1.82, 2.24) is 4.90 Å². The number of methoxy groups -OCH3 is 1. The maximum atomic E-state index is 12.5. The number of carbonyl (C=O) groups is 2. The number of likely N-dealkylation sites (tertiary alicyclic amines) is 1. The van der Waals surface area contributed by atoms with Crippen LogP contribution >= 0.6 is 0 Å². The Morgan fingerprint density at radius 2 is 2.00 bits per heavy atom. The smallest absolute Gasteiger partial charge is 0.258 e. The number of hydrogen-bond acceptors (Lipinski definition) is 3. The van der Waals surface area contributed by atoms with Crippen molar-refractivity contribution in [3.8, 4) is 5.75 Å². The van der Waals surface area contributed by atoms with E-state index < -0.39 is 5.54 Å². The topological polar surface area (TPSA) is 46.6 Å². The number of benzene rings is 1. The summed E-state index contributed by atoms with van der Waals surface area (Å²) in [6.07, 6.45) is 0.424. The number of amides is 1. The van der Waals surface area contributed by atoms with Crippen LogP contribution in [0.25, 0.3) is 0 Å². The Kier molecular flexibility index (Phi) is 3.11. The van der Waals surface area contributed by atoms with E-state index in [2.05, 4.69) is 0 Å². The summed E-state index contributed by atoms with van der Waals surface area (Å²) >= 11 is 0. The van der Waals surface area contributed by atoms with Crippen LogP contribution in [0.1, 0.15) is 30.6 Å². The Labute approximate surface area is 107 Å². The second kappa shape index (κ2) is 4.44. The molecule has 1 aromatic rings. The molecule has 0 bridgehead atoms. The molecule has 0 atom stereocenters. The first-order valence-electron chi connectivity index (χ1n) is 5.96. The van der Waals surface area contributed by atoms with Gasteiger partial charge in [-0.3, -0.25) is 9.59 Å². The van der Waals surface area contributed by atoms with Crippen LogP contribution < -0.4 is 4.74 Å². The van der Waals surface area contributed by atoms with Gasteiger partial charge in [0.15, 0.2) is 5.78 Å². The molecule has 0 spiro atoms. The third kappa shape index (κ3) is 1.88. The number of ether oxygens (including phenoxy) is 1. The third-order valence-corrected chi connectivity index (χ3v) is 3.50. The van der Waals surface area contributed by atoms with Gasteiger partial charge in [0.2, 0.25) is 0 Å². The van der Waals surface area contributed by atoms with Crippen molar-refractivity contribution >= 4 is 11.7 Å². The standard InChI is InChI=1S/C14H17NO3/c1-14(2)12(16)8-9-15(14)13(17)10-6-4-5-7-11(10)18-3/h4-7H,8-9H2,1-3H3. The number of carbonyl (C=O) groups excluding carboxylic acids is 2. The van der Waals surface area contributed by atoms with E-state index in [1.807, 2.05) is 6.07 Å². The Hall–Kier alpha value is -1.84. The van der Waals surface area contributed by atoms with Crippen LogP contribution in [0.15, 0.2) is 24.3 Å². The molecule has 2 rings (SSSR count). The van der Waals surface area contributed by atoms with Gasteiger partial charge in [0, 0.05) is 13.0 Å². The number of hydrogen-bond donors (Lipinski definition) is 0. The normalized spacial score (nSPS) is 17.9. The summed E-state index contributed by atoms with van der Waals surface area (Å²) in [5, 5.41) is 0. The third-order valence-electron chi connectivity index (χ3n) is 3.50. The van der Waals surface area contributed by atoms with Crippen LogP contribution in [-0.4, -0.2) is 35.8 Å². The lowest BCUT2D eigenvalue weighted by Crippen LogP contribution is -2.46. The van der Waals surface area contributed by atoms with E-state index in [4.69, 9.17) is 4.74 Å². The molecule has 18 heavy (non-hydrogen) atoms. The molecule has 0 unspecified atom stereocenters. The summed E-state index contributed by atoms with van der Waals surface area (Å²) in [6, 6.07) is 7.08. The quantitative estimate of drug-likeness (QED) is 0.801. The first-order chi connectivity index (χ1) is 8.48. The van der Waals surface area contributed by atoms with Crippen LogP contribution in [0.4, 0.5) is 0 Å². The fraction of sp³-hybridized carbons (Fsp3) is 0.429. The Bertz CT molecular complexity index is 494. The summed E-state index contributed by atoms with van der Waals surface area (Å²) in [4.78, 5) is 25.9. The number of ketones is 1. The highest BCUT2D eigenvalue weighted by molar-refractivity contribution is 6.03. The van der Waals surface area contributed by atoms with Gasteiger partial charge in [-0.05, 0) is 26.0 Å². The zero-order chi connectivity index (χ0) is 13.3. The summed E-state index contributed by atoms with van der Waals surface area (Å²) in [5.74, 6) is 0.492. The molecule has 1 aliphatic rings. The van der Waals surface area contributed by atoms with Crippen LogP contribution in [-0.2, 0) is 4.79 Å². The van der Waals surface area contributed by atoms with Crippen molar-refractivity contribution in [1.29, 1.82) is 0 Å². The molecule has 96 valence electrons. The largest absolute Gasteiger partial charge is 0.496 e. The van der Waals surface area contributed by atoms with Gasteiger partial charge < -0.3 is 9.64 Å². The zero-order valence-corrected chi connectivity index (χ0v) is 10.9. The van der Waals surface area contributed by atoms with E-state index in [0.29, 0.717) is 24.3 Å². The Morgan fingerprint density at radius 1 is 1.33 bits per heavy atom. The van der Waals surface area contributed by atoms with Gasteiger partial charge in [-0.25, -0.2) is 0 Å². The minimum atomic E-state index is -0.724. The lowest BCUT2D eigenvalue weighted by atomic mass is 9.99. The zero-order valence-electron chi connectivity index (χ0n) is 10.9. The molecular weight excluding hydrogens is 230 g/mol. The van der Waals surface area contributed by atoms with Crippen LogP contribution in [0.2, 0.25) is 0 Å². The van der Waals surface area contributed by atoms with Gasteiger partial charge in [0.05, 0.1) is 18.2 Å². The highest BCUT2D eigenvalue weighted by Gasteiger charge is 2.43. The fourth-order valence-electron chi connectivity index (χ4n) is 2.27. The van der Waals surface area contributed by atoms with Crippen molar-refractivity contribution < 1.29 is 14.3 Å². The van der Waals surface area contributed by atoms with Crippen molar-refractivity contribution in [2.24, 2.45) is 0 Å². The van der Waals surface area contributed by atoms with E-state index in [1.165, 1.54) is 7.11 Å².